The van der Waals surface area contributed by atoms with Crippen LogP contribution in [0, 0.1) is 16.7 Å². The smallest absolute Gasteiger partial charge is 0.0161 e. The molecule has 0 bridgehead atoms. The molecule has 0 saturated heterocycles. The third kappa shape index (κ3) is 4.84. The van der Waals surface area contributed by atoms with Crippen LogP contribution < -0.4 is 11.1 Å². The SMILES string of the molecule is CC(CNCC(C)(C)C(C)(C)N)C(C)(C)C. The van der Waals surface area contributed by atoms with Crippen LogP contribution in [0.4, 0.5) is 0 Å². The van der Waals surface area contributed by atoms with Crippen molar-refractivity contribution in [3.63, 3.8) is 0 Å². The molecular formula is C14H32N2. The molecule has 0 aliphatic heterocycles. The van der Waals surface area contributed by atoms with Gasteiger partial charge in [-0.2, -0.15) is 0 Å². The highest BCUT2D eigenvalue weighted by molar-refractivity contribution is 4.91. The Balaban J connectivity index is 4.10. The summed E-state index contributed by atoms with van der Waals surface area (Å²) in [6.07, 6.45) is 0. The second-order valence-corrected chi connectivity index (χ2v) is 7.50. The Morgan fingerprint density at radius 3 is 1.75 bits per heavy atom. The molecule has 3 N–H and O–H groups in total. The van der Waals surface area contributed by atoms with E-state index in [1.807, 2.05) is 0 Å². The molecule has 0 aromatic carbocycles. The summed E-state index contributed by atoms with van der Waals surface area (Å²) in [7, 11) is 0. The molecule has 1 unspecified atom stereocenters. The van der Waals surface area contributed by atoms with Crippen LogP contribution in [0.1, 0.15) is 55.4 Å². The Labute approximate surface area is 102 Å². The Bertz CT molecular complexity index is 206. The molecule has 0 saturated carbocycles. The third-order valence-corrected chi connectivity index (χ3v) is 4.24. The highest BCUT2D eigenvalue weighted by atomic mass is 14.9. The lowest BCUT2D eigenvalue weighted by Crippen LogP contribution is -2.52. The van der Waals surface area contributed by atoms with Gasteiger partial charge in [-0.05, 0) is 37.1 Å². The van der Waals surface area contributed by atoms with Crippen molar-refractivity contribution in [2.75, 3.05) is 13.1 Å². The zero-order valence-corrected chi connectivity index (χ0v) is 12.6. The highest BCUT2D eigenvalue weighted by Gasteiger charge is 2.33. The van der Waals surface area contributed by atoms with Crippen molar-refractivity contribution < 1.29 is 0 Å². The van der Waals surface area contributed by atoms with Crippen LogP contribution in [0.3, 0.4) is 0 Å². The number of nitrogens with two attached hydrogens (primary N) is 1. The first kappa shape index (κ1) is 15.9. The summed E-state index contributed by atoms with van der Waals surface area (Å²) in [5, 5.41) is 3.56. The van der Waals surface area contributed by atoms with Gasteiger partial charge in [0.15, 0.2) is 0 Å². The molecule has 98 valence electrons. The quantitative estimate of drug-likeness (QED) is 0.759. The fourth-order valence-electron chi connectivity index (χ4n) is 1.14. The van der Waals surface area contributed by atoms with Crippen LogP contribution >= 0.6 is 0 Å². The predicted molar refractivity (Wildman–Crippen MR) is 73.5 cm³/mol. The minimum atomic E-state index is -0.148. The zero-order valence-electron chi connectivity index (χ0n) is 12.6. The topological polar surface area (TPSA) is 38.0 Å². The highest BCUT2D eigenvalue weighted by Crippen LogP contribution is 2.28. The molecule has 0 radical (unpaired) electrons. The lowest BCUT2D eigenvalue weighted by molar-refractivity contribution is 0.180. The fourth-order valence-corrected chi connectivity index (χ4v) is 1.14. The lowest BCUT2D eigenvalue weighted by Gasteiger charge is -2.39. The Morgan fingerprint density at radius 1 is 1.00 bits per heavy atom. The van der Waals surface area contributed by atoms with Crippen molar-refractivity contribution in [1.29, 1.82) is 0 Å². The molecule has 2 heteroatoms. The van der Waals surface area contributed by atoms with E-state index in [4.69, 9.17) is 5.73 Å². The lowest BCUT2D eigenvalue weighted by atomic mass is 9.75. The molecule has 2 nitrogen and oxygen atoms in total. The summed E-state index contributed by atoms with van der Waals surface area (Å²) in [6.45, 7) is 19.8. The van der Waals surface area contributed by atoms with Crippen LogP contribution in [0.15, 0.2) is 0 Å². The van der Waals surface area contributed by atoms with Crippen LogP contribution in [-0.2, 0) is 0 Å². The van der Waals surface area contributed by atoms with E-state index in [-0.39, 0.29) is 11.0 Å². The largest absolute Gasteiger partial charge is 0.325 e. The van der Waals surface area contributed by atoms with Crippen LogP contribution in [0.5, 0.6) is 0 Å². The molecule has 0 amide bonds. The summed E-state index contributed by atoms with van der Waals surface area (Å²) in [5.74, 6) is 0.671. The Hall–Kier alpha value is -0.0800. The number of rotatable bonds is 5. The number of hydrogen-bond donors (Lipinski definition) is 2. The molecule has 0 spiro atoms. The van der Waals surface area contributed by atoms with Crippen molar-refractivity contribution >= 4 is 0 Å². The summed E-state index contributed by atoms with van der Waals surface area (Å²) in [5.41, 5.74) is 6.51. The van der Waals surface area contributed by atoms with Crippen molar-refractivity contribution in [3.8, 4) is 0 Å². The van der Waals surface area contributed by atoms with E-state index < -0.39 is 0 Å². The Kier molecular flexibility index (Phi) is 5.03. The normalized spacial score (nSPS) is 16.3. The molecule has 0 aliphatic rings. The van der Waals surface area contributed by atoms with Crippen molar-refractivity contribution in [1.82, 2.24) is 5.32 Å². The standard InChI is InChI=1S/C14H32N2/c1-11(12(2,3)4)9-16-10-13(5,6)14(7,8)15/h11,16H,9-10,15H2,1-8H3. The molecule has 16 heavy (non-hydrogen) atoms. The maximum atomic E-state index is 6.18. The molecule has 0 aliphatic carbocycles. The molecule has 0 aromatic rings. The predicted octanol–water partition coefficient (Wildman–Crippen LogP) is 3.02. The molecule has 0 aromatic heterocycles. The van der Waals surface area contributed by atoms with Gasteiger partial charge in [0, 0.05) is 12.1 Å². The van der Waals surface area contributed by atoms with E-state index in [1.165, 1.54) is 0 Å². The average Bonchev–Trinajstić information content (AvgIpc) is 1.99. The second kappa shape index (κ2) is 5.05. The van der Waals surface area contributed by atoms with E-state index in [0.29, 0.717) is 11.3 Å². The van der Waals surface area contributed by atoms with Crippen LogP contribution in [0.2, 0.25) is 0 Å². The van der Waals surface area contributed by atoms with Gasteiger partial charge in [0.2, 0.25) is 0 Å². The fraction of sp³-hybridized carbons (Fsp3) is 1.00. The monoisotopic (exact) mass is 228 g/mol. The maximum absolute atomic E-state index is 6.18. The number of hydrogen-bond acceptors (Lipinski definition) is 2. The zero-order chi connectivity index (χ0) is 13.2. The van der Waals surface area contributed by atoms with Gasteiger partial charge in [0.1, 0.15) is 0 Å². The van der Waals surface area contributed by atoms with Crippen molar-refractivity contribution in [2.24, 2.45) is 22.5 Å². The van der Waals surface area contributed by atoms with Crippen molar-refractivity contribution in [3.05, 3.63) is 0 Å². The van der Waals surface area contributed by atoms with Crippen LogP contribution in [0.25, 0.3) is 0 Å². The van der Waals surface area contributed by atoms with E-state index in [2.05, 4.69) is 60.7 Å². The van der Waals surface area contributed by atoms with E-state index in [9.17, 15) is 0 Å². The van der Waals surface area contributed by atoms with Gasteiger partial charge in [0.05, 0.1) is 0 Å². The summed E-state index contributed by atoms with van der Waals surface area (Å²) in [4.78, 5) is 0. The molecule has 0 rings (SSSR count). The van der Waals surface area contributed by atoms with Gasteiger partial charge < -0.3 is 11.1 Å². The number of nitrogens with one attached hydrogen (secondary N) is 1. The van der Waals surface area contributed by atoms with E-state index in [0.717, 1.165) is 13.1 Å². The van der Waals surface area contributed by atoms with Gasteiger partial charge in [-0.25, -0.2) is 0 Å². The van der Waals surface area contributed by atoms with Crippen LogP contribution in [-0.4, -0.2) is 18.6 Å². The van der Waals surface area contributed by atoms with Gasteiger partial charge in [0.25, 0.3) is 0 Å². The van der Waals surface area contributed by atoms with E-state index in [1.54, 1.807) is 0 Å². The minimum absolute atomic E-state index is 0.116. The third-order valence-electron chi connectivity index (χ3n) is 4.24. The molecule has 0 heterocycles. The van der Waals surface area contributed by atoms with Gasteiger partial charge in [-0.15, -0.1) is 0 Å². The summed E-state index contributed by atoms with van der Waals surface area (Å²) >= 11 is 0. The molecule has 0 fully saturated rings. The molecular weight excluding hydrogens is 196 g/mol. The maximum Gasteiger partial charge on any atom is 0.0161 e. The van der Waals surface area contributed by atoms with Gasteiger partial charge in [-0.3, -0.25) is 0 Å². The summed E-state index contributed by atoms with van der Waals surface area (Å²) < 4.78 is 0. The first-order valence-electron chi connectivity index (χ1n) is 6.37. The van der Waals surface area contributed by atoms with Gasteiger partial charge >= 0.3 is 0 Å². The van der Waals surface area contributed by atoms with E-state index >= 15 is 0 Å². The average molecular weight is 228 g/mol. The molecule has 1 atom stereocenters. The minimum Gasteiger partial charge on any atom is -0.325 e. The second-order valence-electron chi connectivity index (χ2n) is 7.50. The van der Waals surface area contributed by atoms with Gasteiger partial charge in [-0.1, -0.05) is 41.5 Å². The first-order chi connectivity index (χ1) is 6.88. The van der Waals surface area contributed by atoms with Crippen molar-refractivity contribution in [2.45, 2.75) is 60.9 Å². The first-order valence-corrected chi connectivity index (χ1v) is 6.37. The summed E-state index contributed by atoms with van der Waals surface area (Å²) in [6, 6.07) is 0. The Morgan fingerprint density at radius 2 is 1.44 bits per heavy atom.